The minimum absolute atomic E-state index is 0. The van der Waals surface area contributed by atoms with E-state index in [0.717, 1.165) is 77.3 Å². The number of piperidine rings is 1. The van der Waals surface area contributed by atoms with Crippen LogP contribution in [0.1, 0.15) is 71.6 Å². The second kappa shape index (κ2) is 12.7. The van der Waals surface area contributed by atoms with E-state index in [1.165, 1.54) is 19.3 Å². The summed E-state index contributed by atoms with van der Waals surface area (Å²) < 4.78 is 11.9. The van der Waals surface area contributed by atoms with Crippen molar-refractivity contribution in [3.05, 3.63) is 0 Å². The van der Waals surface area contributed by atoms with Crippen LogP contribution in [0.2, 0.25) is 0 Å². The number of aliphatic hydroxyl groups excluding tert-OH is 1. The van der Waals surface area contributed by atoms with Crippen LogP contribution in [0.15, 0.2) is 4.99 Å². The zero-order valence-corrected chi connectivity index (χ0v) is 20.7. The molecule has 7 heteroatoms. The van der Waals surface area contributed by atoms with Crippen molar-refractivity contribution in [3.8, 4) is 0 Å². The minimum Gasteiger partial charge on any atom is -0.392 e. The second-order valence-corrected chi connectivity index (χ2v) is 9.09. The SMILES string of the molecule is CCNC(=NCC1(C)CCCCC1O)N1CCC(OCC2CCCCO2)CC1.I. The zero-order chi connectivity index (χ0) is 19.8. The number of hydrogen-bond donors (Lipinski definition) is 2. The summed E-state index contributed by atoms with van der Waals surface area (Å²) in [6, 6.07) is 0. The zero-order valence-electron chi connectivity index (χ0n) is 18.4. The van der Waals surface area contributed by atoms with Gasteiger partial charge >= 0.3 is 0 Å². The molecule has 0 spiro atoms. The Hall–Kier alpha value is -0.120. The van der Waals surface area contributed by atoms with E-state index in [0.29, 0.717) is 18.8 Å². The molecule has 29 heavy (non-hydrogen) atoms. The van der Waals surface area contributed by atoms with Gasteiger partial charge in [0, 0.05) is 31.7 Å². The van der Waals surface area contributed by atoms with Gasteiger partial charge in [-0.05, 0) is 51.9 Å². The van der Waals surface area contributed by atoms with Gasteiger partial charge in [-0.25, -0.2) is 0 Å². The van der Waals surface area contributed by atoms with Gasteiger partial charge in [0.25, 0.3) is 0 Å². The maximum absolute atomic E-state index is 10.5. The quantitative estimate of drug-likeness (QED) is 0.317. The number of aliphatic hydroxyl groups is 1. The molecule has 2 N–H and O–H groups in total. The summed E-state index contributed by atoms with van der Waals surface area (Å²) in [5.41, 5.74) is -0.0830. The summed E-state index contributed by atoms with van der Waals surface area (Å²) in [5, 5.41) is 13.9. The monoisotopic (exact) mass is 523 g/mol. The third-order valence-corrected chi connectivity index (χ3v) is 6.74. The Morgan fingerprint density at radius 3 is 2.59 bits per heavy atom. The van der Waals surface area contributed by atoms with E-state index in [9.17, 15) is 5.11 Å². The number of rotatable bonds is 6. The summed E-state index contributed by atoms with van der Waals surface area (Å²) in [7, 11) is 0. The fourth-order valence-corrected chi connectivity index (χ4v) is 4.66. The Bertz CT molecular complexity index is 494. The van der Waals surface area contributed by atoms with Crippen molar-refractivity contribution in [1.29, 1.82) is 0 Å². The van der Waals surface area contributed by atoms with Crippen LogP contribution in [0.3, 0.4) is 0 Å². The molecule has 2 heterocycles. The predicted octanol–water partition coefficient (Wildman–Crippen LogP) is 3.56. The van der Waals surface area contributed by atoms with Crippen molar-refractivity contribution in [2.75, 3.05) is 39.4 Å². The summed E-state index contributed by atoms with van der Waals surface area (Å²) in [6.45, 7) is 9.46. The van der Waals surface area contributed by atoms with Crippen LogP contribution in [0.5, 0.6) is 0 Å². The van der Waals surface area contributed by atoms with Gasteiger partial charge in [0.05, 0.1) is 31.5 Å². The van der Waals surface area contributed by atoms with Crippen LogP contribution < -0.4 is 5.32 Å². The lowest BCUT2D eigenvalue weighted by atomic mass is 9.73. The lowest BCUT2D eigenvalue weighted by Gasteiger charge is -2.38. The molecule has 1 aliphatic carbocycles. The van der Waals surface area contributed by atoms with Gasteiger partial charge in [-0.15, -0.1) is 24.0 Å². The van der Waals surface area contributed by atoms with E-state index in [1.807, 2.05) is 0 Å². The van der Waals surface area contributed by atoms with E-state index in [1.54, 1.807) is 0 Å². The molecule has 2 saturated heterocycles. The molecule has 0 amide bonds. The van der Waals surface area contributed by atoms with Gasteiger partial charge in [-0.1, -0.05) is 19.8 Å². The predicted molar refractivity (Wildman–Crippen MR) is 128 cm³/mol. The topological polar surface area (TPSA) is 66.3 Å². The van der Waals surface area contributed by atoms with Gasteiger partial charge in [0.2, 0.25) is 0 Å². The molecule has 3 unspecified atom stereocenters. The van der Waals surface area contributed by atoms with Gasteiger partial charge in [0.15, 0.2) is 5.96 Å². The van der Waals surface area contributed by atoms with E-state index < -0.39 is 0 Å². The molecule has 0 aromatic carbocycles. The first-order chi connectivity index (χ1) is 13.6. The van der Waals surface area contributed by atoms with Gasteiger partial charge in [-0.3, -0.25) is 4.99 Å². The number of ether oxygens (including phenoxy) is 2. The Morgan fingerprint density at radius 2 is 1.93 bits per heavy atom. The molecule has 3 fully saturated rings. The molecule has 0 aromatic rings. The number of nitrogens with zero attached hydrogens (tertiary/aromatic N) is 2. The second-order valence-electron chi connectivity index (χ2n) is 9.09. The third kappa shape index (κ3) is 7.51. The molecule has 170 valence electrons. The van der Waals surface area contributed by atoms with Crippen molar-refractivity contribution in [3.63, 3.8) is 0 Å². The molecule has 6 nitrogen and oxygen atoms in total. The van der Waals surface area contributed by atoms with Crippen LogP contribution in [-0.4, -0.2) is 73.7 Å². The summed E-state index contributed by atoms with van der Waals surface area (Å²) >= 11 is 0. The van der Waals surface area contributed by atoms with E-state index in [-0.39, 0.29) is 35.5 Å². The largest absolute Gasteiger partial charge is 0.392 e. The molecule has 3 rings (SSSR count). The normalized spacial score (nSPS) is 32.0. The highest BCUT2D eigenvalue weighted by atomic mass is 127. The van der Waals surface area contributed by atoms with Gasteiger partial charge in [-0.2, -0.15) is 0 Å². The average molecular weight is 524 g/mol. The first-order valence-electron chi connectivity index (χ1n) is 11.6. The van der Waals surface area contributed by atoms with Crippen molar-refractivity contribution >= 4 is 29.9 Å². The van der Waals surface area contributed by atoms with E-state index in [2.05, 4.69) is 24.1 Å². The van der Waals surface area contributed by atoms with E-state index in [4.69, 9.17) is 14.5 Å². The van der Waals surface area contributed by atoms with Crippen LogP contribution in [0, 0.1) is 5.41 Å². The number of likely N-dealkylation sites (tertiary alicyclic amines) is 1. The Morgan fingerprint density at radius 1 is 1.17 bits per heavy atom. The Labute approximate surface area is 194 Å². The number of nitrogens with one attached hydrogen (secondary N) is 1. The highest BCUT2D eigenvalue weighted by molar-refractivity contribution is 14.0. The number of hydrogen-bond acceptors (Lipinski definition) is 4. The smallest absolute Gasteiger partial charge is 0.193 e. The fraction of sp³-hybridized carbons (Fsp3) is 0.955. The molecular weight excluding hydrogens is 481 g/mol. The molecule has 0 radical (unpaired) electrons. The van der Waals surface area contributed by atoms with Crippen molar-refractivity contribution in [2.24, 2.45) is 10.4 Å². The highest BCUT2D eigenvalue weighted by Gasteiger charge is 2.35. The van der Waals surface area contributed by atoms with Crippen molar-refractivity contribution < 1.29 is 14.6 Å². The maximum atomic E-state index is 10.5. The highest BCUT2D eigenvalue weighted by Crippen LogP contribution is 2.36. The summed E-state index contributed by atoms with van der Waals surface area (Å²) in [6.07, 6.45) is 10.4. The summed E-state index contributed by atoms with van der Waals surface area (Å²) in [5.74, 6) is 0.996. The Kier molecular flexibility index (Phi) is 11.0. The summed E-state index contributed by atoms with van der Waals surface area (Å²) in [4.78, 5) is 7.30. The lowest BCUT2D eigenvalue weighted by molar-refractivity contribution is -0.0721. The van der Waals surface area contributed by atoms with Crippen LogP contribution in [-0.2, 0) is 9.47 Å². The van der Waals surface area contributed by atoms with Crippen LogP contribution in [0.25, 0.3) is 0 Å². The van der Waals surface area contributed by atoms with Gasteiger partial charge < -0.3 is 24.8 Å². The lowest BCUT2D eigenvalue weighted by Crippen LogP contribution is -2.48. The standard InChI is InChI=1S/C22H41N3O3.HI/c1-3-23-21(24-17-22(2)12-6-4-9-20(22)26)25-13-10-18(11-14-25)28-16-19-8-5-7-15-27-19;/h18-20,26H,3-17H2,1-2H3,(H,23,24);1H. The molecule has 0 aromatic heterocycles. The minimum atomic E-state index is -0.228. The van der Waals surface area contributed by atoms with Gasteiger partial charge in [0.1, 0.15) is 0 Å². The third-order valence-electron chi connectivity index (χ3n) is 6.74. The van der Waals surface area contributed by atoms with Crippen molar-refractivity contribution in [1.82, 2.24) is 10.2 Å². The molecule has 1 saturated carbocycles. The number of aliphatic imine (C=N–C) groups is 1. The Balaban J connectivity index is 0.00000300. The van der Waals surface area contributed by atoms with Crippen LogP contribution in [0.4, 0.5) is 0 Å². The first kappa shape index (κ1) is 25.1. The molecule has 2 aliphatic heterocycles. The fourth-order valence-electron chi connectivity index (χ4n) is 4.66. The maximum Gasteiger partial charge on any atom is 0.193 e. The molecule has 3 aliphatic rings. The number of guanidine groups is 1. The van der Waals surface area contributed by atoms with Crippen LogP contribution >= 0.6 is 24.0 Å². The number of halogens is 1. The molecular formula is C22H42IN3O3. The first-order valence-corrected chi connectivity index (χ1v) is 11.6. The molecule has 0 bridgehead atoms. The van der Waals surface area contributed by atoms with Crippen molar-refractivity contribution in [2.45, 2.75) is 89.9 Å². The molecule has 3 atom stereocenters. The average Bonchev–Trinajstić information content (AvgIpc) is 2.73. The van der Waals surface area contributed by atoms with E-state index >= 15 is 0 Å².